The van der Waals surface area contributed by atoms with Gasteiger partial charge in [0.05, 0.1) is 48.4 Å². The van der Waals surface area contributed by atoms with Crippen LogP contribution in [0, 0.1) is 63.6 Å². The summed E-state index contributed by atoms with van der Waals surface area (Å²) >= 11 is 0. The smallest absolute Gasteiger partial charge is 0.310 e. The molecule has 336 valence electrons. The first kappa shape index (κ1) is 45.0. The van der Waals surface area contributed by atoms with Crippen LogP contribution in [0.4, 0.5) is 0 Å². The van der Waals surface area contributed by atoms with Crippen LogP contribution in [0.3, 0.4) is 0 Å². The predicted octanol–water partition coefficient (Wildman–Crippen LogP) is 10.6. The SMILES string of the molecule is CO[C@@H]1C[C@@]23COC[C@@](C)([C@@H]2CC[C@H]2C3=CC[C@@]3(C)[C@H](C(=O)OCc4ccccc4)[C@@](C)([C@H](C)C(C)C)CC[C@]23C)[C@H]1OCC1(NS(=O)(=O)c2ccc(C)cc2)CCCCC1. The third kappa shape index (κ3) is 7.40. The van der Waals surface area contributed by atoms with Crippen molar-refractivity contribution in [2.75, 3.05) is 26.9 Å². The maximum absolute atomic E-state index is 14.9. The van der Waals surface area contributed by atoms with Crippen molar-refractivity contribution in [3.05, 3.63) is 77.4 Å². The number of sulfonamides is 1. The fourth-order valence-corrected chi connectivity index (χ4v) is 16.1. The van der Waals surface area contributed by atoms with E-state index in [-0.39, 0.29) is 51.2 Å². The molecule has 4 saturated carbocycles. The first-order valence-electron chi connectivity index (χ1n) is 23.6. The van der Waals surface area contributed by atoms with Crippen molar-refractivity contribution in [1.82, 2.24) is 4.72 Å². The molecule has 0 aromatic heterocycles. The van der Waals surface area contributed by atoms with E-state index in [1.165, 1.54) is 5.57 Å². The van der Waals surface area contributed by atoms with Crippen LogP contribution < -0.4 is 4.72 Å². The Bertz CT molecular complexity index is 2050. The number of esters is 1. The summed E-state index contributed by atoms with van der Waals surface area (Å²) in [4.78, 5) is 15.2. The van der Waals surface area contributed by atoms with Crippen LogP contribution in [0.15, 0.2) is 71.1 Å². The molecule has 1 saturated heterocycles. The zero-order valence-corrected chi connectivity index (χ0v) is 39.5. The second kappa shape index (κ2) is 16.5. The Morgan fingerprint density at radius 2 is 1.59 bits per heavy atom. The molecule has 9 heteroatoms. The summed E-state index contributed by atoms with van der Waals surface area (Å²) in [5, 5.41) is 0. The maximum Gasteiger partial charge on any atom is 0.310 e. The van der Waals surface area contributed by atoms with Gasteiger partial charge < -0.3 is 18.9 Å². The Labute approximate surface area is 367 Å². The van der Waals surface area contributed by atoms with Gasteiger partial charge in [0, 0.05) is 17.9 Å². The average Bonchev–Trinajstić information content (AvgIpc) is 3.23. The lowest BCUT2D eigenvalue weighted by molar-refractivity contribution is -0.270. The van der Waals surface area contributed by atoms with E-state index < -0.39 is 15.6 Å². The Morgan fingerprint density at radius 1 is 0.885 bits per heavy atom. The lowest BCUT2D eigenvalue weighted by Crippen LogP contribution is -2.70. The molecule has 1 N–H and O–H groups in total. The number of nitrogens with one attached hydrogen (secondary N) is 1. The van der Waals surface area contributed by atoms with Crippen LogP contribution in [-0.4, -0.2) is 59.1 Å². The van der Waals surface area contributed by atoms with E-state index in [1.807, 2.05) is 56.5 Å². The Morgan fingerprint density at radius 3 is 2.26 bits per heavy atom. The van der Waals surface area contributed by atoms with Crippen molar-refractivity contribution < 1.29 is 32.2 Å². The van der Waals surface area contributed by atoms with E-state index in [0.29, 0.717) is 55.0 Å². The molecule has 8 nitrogen and oxygen atoms in total. The van der Waals surface area contributed by atoms with Gasteiger partial charge in [0.25, 0.3) is 0 Å². The number of rotatable bonds is 12. The lowest BCUT2D eigenvalue weighted by atomic mass is 9.34. The largest absolute Gasteiger partial charge is 0.461 e. The number of ether oxygens (including phenoxy) is 4. The monoisotopic (exact) mass is 858 g/mol. The van der Waals surface area contributed by atoms with E-state index in [4.69, 9.17) is 18.9 Å². The number of carbonyl (C=O) groups is 1. The number of allylic oxidation sites excluding steroid dienone is 1. The molecule has 6 aliphatic rings. The molecule has 5 fully saturated rings. The van der Waals surface area contributed by atoms with Gasteiger partial charge >= 0.3 is 5.97 Å². The van der Waals surface area contributed by atoms with Crippen molar-refractivity contribution in [2.24, 2.45) is 56.7 Å². The number of hydrogen-bond donors (Lipinski definition) is 1. The number of methoxy groups -OCH3 is 1. The van der Waals surface area contributed by atoms with Crippen molar-refractivity contribution in [1.29, 1.82) is 0 Å². The number of aryl methyl sites for hydroxylation is 1. The van der Waals surface area contributed by atoms with Crippen molar-refractivity contribution in [2.45, 2.75) is 155 Å². The summed E-state index contributed by atoms with van der Waals surface area (Å²) in [7, 11) is -1.93. The Balaban J connectivity index is 1.10. The first-order chi connectivity index (χ1) is 28.9. The molecule has 2 aromatic carbocycles. The highest BCUT2D eigenvalue weighted by molar-refractivity contribution is 7.89. The van der Waals surface area contributed by atoms with Crippen LogP contribution in [0.1, 0.15) is 130 Å². The molecule has 1 aliphatic heterocycles. The Kier molecular flexibility index (Phi) is 12.1. The highest BCUT2D eigenvalue weighted by atomic mass is 32.2. The van der Waals surface area contributed by atoms with Crippen LogP contribution in [0.25, 0.3) is 0 Å². The summed E-state index contributed by atoms with van der Waals surface area (Å²) in [5.74, 6) is 1.14. The summed E-state index contributed by atoms with van der Waals surface area (Å²) in [5.41, 5.74) is 1.73. The predicted molar refractivity (Wildman–Crippen MR) is 240 cm³/mol. The molecule has 2 bridgehead atoms. The van der Waals surface area contributed by atoms with Gasteiger partial charge in [0.15, 0.2) is 0 Å². The molecular weight excluding hydrogens is 783 g/mol. The average molecular weight is 858 g/mol. The number of carbonyl (C=O) groups excluding carboxylic acids is 1. The van der Waals surface area contributed by atoms with E-state index >= 15 is 0 Å². The van der Waals surface area contributed by atoms with Gasteiger partial charge in [-0.3, -0.25) is 4.79 Å². The van der Waals surface area contributed by atoms with Crippen LogP contribution in [-0.2, 0) is 40.4 Å². The van der Waals surface area contributed by atoms with Crippen LogP contribution in [0.2, 0.25) is 0 Å². The van der Waals surface area contributed by atoms with Crippen LogP contribution in [0.5, 0.6) is 0 Å². The van der Waals surface area contributed by atoms with Gasteiger partial charge in [-0.15, -0.1) is 0 Å². The highest BCUT2D eigenvalue weighted by Gasteiger charge is 2.72. The summed E-state index contributed by atoms with van der Waals surface area (Å²) in [6, 6.07) is 17.2. The first-order valence-corrected chi connectivity index (χ1v) is 25.1. The highest BCUT2D eigenvalue weighted by Crippen LogP contribution is 2.75. The molecule has 5 aliphatic carbocycles. The van der Waals surface area contributed by atoms with Gasteiger partial charge in [0.2, 0.25) is 10.0 Å². The van der Waals surface area contributed by atoms with Crippen molar-refractivity contribution in [3.8, 4) is 0 Å². The van der Waals surface area contributed by atoms with Gasteiger partial charge in [-0.05, 0) is 116 Å². The molecule has 61 heavy (non-hydrogen) atoms. The zero-order chi connectivity index (χ0) is 43.6. The second-order valence-electron chi connectivity index (χ2n) is 22.1. The van der Waals surface area contributed by atoms with E-state index in [0.717, 1.165) is 81.8 Å². The van der Waals surface area contributed by atoms with Crippen molar-refractivity contribution in [3.63, 3.8) is 0 Å². The van der Waals surface area contributed by atoms with Gasteiger partial charge in [0.1, 0.15) is 6.61 Å². The second-order valence-corrected chi connectivity index (χ2v) is 23.8. The molecule has 8 rings (SSSR count). The van der Waals surface area contributed by atoms with Gasteiger partial charge in [-0.1, -0.05) is 127 Å². The molecule has 0 spiro atoms. The lowest BCUT2D eigenvalue weighted by Gasteiger charge is -2.71. The number of fused-ring (bicyclic) bond motifs is 3. The van der Waals surface area contributed by atoms with Gasteiger partial charge in [-0.25, -0.2) is 13.1 Å². The molecule has 1 heterocycles. The minimum atomic E-state index is -3.76. The summed E-state index contributed by atoms with van der Waals surface area (Å²) in [6.07, 6.45) is 12.4. The molecular formula is C52H75NO7S. The maximum atomic E-state index is 14.9. The minimum absolute atomic E-state index is 0.0430. The zero-order valence-electron chi connectivity index (χ0n) is 38.7. The standard InChI is InChI=1S/C52H75NO7S/c1-35(2)37(4)47(5)28-29-49(7)40-22-23-43-48(6)32-58-34-52(43,41(40)24-27-50(49,8)44(47)46(54)59-31-38-16-12-10-13-17-38)30-42(57-9)45(48)60-33-51(25-14-11-15-26-51)53-61(55,56)39-20-18-36(3)19-21-39/h10,12-13,16-21,24,35,37,40,42-45,53H,11,14-15,22-23,25-34H2,1-9H3/t37-,40+,42-,43+,44-,45+,47-,48+,49-,50+,52+/m1/s1. The Hall–Kier alpha value is -2.56. The van der Waals surface area contributed by atoms with Gasteiger partial charge in [-0.2, -0.15) is 0 Å². The quantitative estimate of drug-likeness (QED) is 0.168. The minimum Gasteiger partial charge on any atom is -0.461 e. The molecule has 0 amide bonds. The third-order valence-corrected chi connectivity index (χ3v) is 20.2. The molecule has 11 atom stereocenters. The van der Waals surface area contributed by atoms with E-state index in [1.54, 1.807) is 12.1 Å². The molecule has 2 aromatic rings. The summed E-state index contributed by atoms with van der Waals surface area (Å²) in [6.45, 7) is 20.5. The number of benzene rings is 2. The van der Waals surface area contributed by atoms with E-state index in [9.17, 15) is 13.2 Å². The topological polar surface area (TPSA) is 100 Å². The fraction of sp³-hybridized carbons (Fsp3) is 0.712. The summed E-state index contributed by atoms with van der Waals surface area (Å²) < 4.78 is 57.8. The van der Waals surface area contributed by atoms with E-state index in [2.05, 4.69) is 59.3 Å². The molecule has 0 unspecified atom stereocenters. The number of hydrogen-bond acceptors (Lipinski definition) is 7. The fourth-order valence-electron chi connectivity index (χ4n) is 14.7. The van der Waals surface area contributed by atoms with Crippen LogP contribution >= 0.6 is 0 Å². The molecule has 0 radical (unpaired) electrons. The third-order valence-electron chi connectivity index (χ3n) is 18.6. The normalized spacial score (nSPS) is 38.7. The van der Waals surface area contributed by atoms with Crippen molar-refractivity contribution >= 4 is 16.0 Å².